The van der Waals surface area contributed by atoms with E-state index in [9.17, 15) is 4.79 Å². The molecule has 0 saturated heterocycles. The van der Waals surface area contributed by atoms with E-state index in [0.717, 1.165) is 4.47 Å². The van der Waals surface area contributed by atoms with Gasteiger partial charge in [0, 0.05) is 4.47 Å². The fourth-order valence-electron chi connectivity index (χ4n) is 1.38. The highest BCUT2D eigenvalue weighted by atomic mass is 79.9. The topological polar surface area (TPSA) is 64.3 Å². The SMILES string of the molecule is COc1ccc(Br)cc1NC(=O)C(N)C(C)(C)C. The van der Waals surface area contributed by atoms with Crippen LogP contribution in [0.5, 0.6) is 5.75 Å². The van der Waals surface area contributed by atoms with Crippen LogP contribution in [0.25, 0.3) is 0 Å². The molecule has 1 rings (SSSR count). The summed E-state index contributed by atoms with van der Waals surface area (Å²) in [6.07, 6.45) is 0. The predicted octanol–water partition coefficient (Wildman–Crippen LogP) is 2.77. The number of anilines is 1. The van der Waals surface area contributed by atoms with E-state index >= 15 is 0 Å². The zero-order valence-corrected chi connectivity index (χ0v) is 12.7. The van der Waals surface area contributed by atoms with E-state index in [4.69, 9.17) is 10.5 Å². The van der Waals surface area contributed by atoms with Crippen molar-refractivity contribution in [2.45, 2.75) is 26.8 Å². The molecule has 100 valence electrons. The van der Waals surface area contributed by atoms with Crippen LogP contribution in [0, 0.1) is 5.41 Å². The van der Waals surface area contributed by atoms with Crippen LogP contribution in [0.4, 0.5) is 5.69 Å². The Morgan fingerprint density at radius 2 is 2.06 bits per heavy atom. The third kappa shape index (κ3) is 3.71. The average Bonchev–Trinajstić information content (AvgIpc) is 2.27. The second-order valence-electron chi connectivity index (χ2n) is 5.18. The predicted molar refractivity (Wildman–Crippen MR) is 76.8 cm³/mol. The number of rotatable bonds is 3. The molecule has 4 nitrogen and oxygen atoms in total. The monoisotopic (exact) mass is 314 g/mol. The Labute approximate surface area is 116 Å². The summed E-state index contributed by atoms with van der Waals surface area (Å²) in [5.74, 6) is 0.381. The Kier molecular flexibility index (Phi) is 4.76. The Bertz CT molecular complexity index is 441. The highest BCUT2D eigenvalue weighted by molar-refractivity contribution is 9.10. The molecule has 0 aliphatic rings. The van der Waals surface area contributed by atoms with Gasteiger partial charge in [-0.05, 0) is 23.6 Å². The molecule has 1 atom stereocenters. The van der Waals surface area contributed by atoms with Crippen LogP contribution >= 0.6 is 15.9 Å². The standard InChI is InChI=1S/C13H19BrN2O2/c1-13(2,3)11(15)12(17)16-9-7-8(14)5-6-10(9)18-4/h5-7,11H,15H2,1-4H3,(H,16,17). The van der Waals surface area contributed by atoms with Crippen molar-refractivity contribution in [1.29, 1.82) is 0 Å². The fourth-order valence-corrected chi connectivity index (χ4v) is 1.74. The van der Waals surface area contributed by atoms with Crippen molar-refractivity contribution in [1.82, 2.24) is 0 Å². The lowest BCUT2D eigenvalue weighted by atomic mass is 9.87. The first kappa shape index (κ1) is 15.0. The van der Waals surface area contributed by atoms with Crippen molar-refractivity contribution in [3.8, 4) is 5.75 Å². The quantitative estimate of drug-likeness (QED) is 0.901. The Morgan fingerprint density at radius 3 is 2.56 bits per heavy atom. The first-order valence-electron chi connectivity index (χ1n) is 5.65. The van der Waals surface area contributed by atoms with Crippen molar-refractivity contribution in [3.05, 3.63) is 22.7 Å². The summed E-state index contributed by atoms with van der Waals surface area (Å²) in [6.45, 7) is 5.78. The maximum absolute atomic E-state index is 12.0. The minimum atomic E-state index is -0.582. The normalized spacial score (nSPS) is 13.0. The molecule has 1 aromatic rings. The van der Waals surface area contributed by atoms with Gasteiger partial charge in [-0.25, -0.2) is 0 Å². The van der Waals surface area contributed by atoms with E-state index in [1.54, 1.807) is 19.2 Å². The number of carbonyl (C=O) groups excluding carboxylic acids is 1. The molecule has 0 aliphatic carbocycles. The largest absolute Gasteiger partial charge is 0.495 e. The number of methoxy groups -OCH3 is 1. The molecule has 0 spiro atoms. The van der Waals surface area contributed by atoms with Crippen molar-refractivity contribution < 1.29 is 9.53 Å². The Morgan fingerprint density at radius 1 is 1.44 bits per heavy atom. The van der Waals surface area contributed by atoms with Crippen molar-refractivity contribution in [3.63, 3.8) is 0 Å². The maximum Gasteiger partial charge on any atom is 0.241 e. The lowest BCUT2D eigenvalue weighted by Gasteiger charge is -2.26. The molecular weight excluding hydrogens is 296 g/mol. The third-order valence-corrected chi connectivity index (χ3v) is 3.13. The molecule has 0 fully saturated rings. The van der Waals surface area contributed by atoms with Gasteiger partial charge in [-0.15, -0.1) is 0 Å². The number of hydrogen-bond acceptors (Lipinski definition) is 3. The minimum absolute atomic E-state index is 0.223. The molecule has 18 heavy (non-hydrogen) atoms. The van der Waals surface area contributed by atoms with Crippen LogP contribution in [0.15, 0.2) is 22.7 Å². The lowest BCUT2D eigenvalue weighted by molar-refractivity contribution is -0.119. The molecule has 0 aliphatic heterocycles. The summed E-state index contributed by atoms with van der Waals surface area (Å²) >= 11 is 3.35. The number of nitrogens with two attached hydrogens (primary N) is 1. The molecule has 0 bridgehead atoms. The second-order valence-corrected chi connectivity index (χ2v) is 6.09. The van der Waals surface area contributed by atoms with Gasteiger partial charge in [-0.2, -0.15) is 0 Å². The van der Waals surface area contributed by atoms with Crippen LogP contribution in [-0.2, 0) is 4.79 Å². The third-order valence-electron chi connectivity index (χ3n) is 2.63. The highest BCUT2D eigenvalue weighted by Crippen LogP contribution is 2.28. The van der Waals surface area contributed by atoms with E-state index in [0.29, 0.717) is 11.4 Å². The molecule has 5 heteroatoms. The van der Waals surface area contributed by atoms with Crippen molar-refractivity contribution in [2.24, 2.45) is 11.1 Å². The molecule has 0 aromatic heterocycles. The van der Waals surface area contributed by atoms with Gasteiger partial charge in [0.2, 0.25) is 5.91 Å². The van der Waals surface area contributed by atoms with E-state index in [1.165, 1.54) is 0 Å². The number of benzene rings is 1. The Hall–Kier alpha value is -1.07. The smallest absolute Gasteiger partial charge is 0.241 e. The molecule has 3 N–H and O–H groups in total. The molecule has 1 amide bonds. The van der Waals surface area contributed by atoms with Crippen LogP contribution < -0.4 is 15.8 Å². The van der Waals surface area contributed by atoms with Gasteiger partial charge in [-0.3, -0.25) is 4.79 Å². The summed E-state index contributed by atoms with van der Waals surface area (Å²) in [7, 11) is 1.56. The van der Waals surface area contributed by atoms with E-state index < -0.39 is 6.04 Å². The number of nitrogens with one attached hydrogen (secondary N) is 1. The maximum atomic E-state index is 12.0. The number of carbonyl (C=O) groups is 1. The van der Waals surface area contributed by atoms with E-state index in [2.05, 4.69) is 21.2 Å². The van der Waals surface area contributed by atoms with Gasteiger partial charge < -0.3 is 15.8 Å². The lowest BCUT2D eigenvalue weighted by Crippen LogP contribution is -2.45. The van der Waals surface area contributed by atoms with Crippen molar-refractivity contribution >= 4 is 27.5 Å². The van der Waals surface area contributed by atoms with Gasteiger partial charge in [0.15, 0.2) is 0 Å². The molecule has 1 aromatic carbocycles. The van der Waals surface area contributed by atoms with E-state index in [1.807, 2.05) is 26.8 Å². The first-order valence-corrected chi connectivity index (χ1v) is 6.45. The molecule has 0 heterocycles. The molecular formula is C13H19BrN2O2. The molecule has 0 saturated carbocycles. The van der Waals surface area contributed by atoms with Gasteiger partial charge in [-0.1, -0.05) is 36.7 Å². The van der Waals surface area contributed by atoms with Crippen LogP contribution in [0.2, 0.25) is 0 Å². The molecule has 1 unspecified atom stereocenters. The van der Waals surface area contributed by atoms with Crippen LogP contribution in [-0.4, -0.2) is 19.1 Å². The first-order chi connectivity index (χ1) is 8.25. The van der Waals surface area contributed by atoms with Gasteiger partial charge in [0.25, 0.3) is 0 Å². The second kappa shape index (κ2) is 5.71. The number of ether oxygens (including phenoxy) is 1. The average molecular weight is 315 g/mol. The number of hydrogen-bond donors (Lipinski definition) is 2. The molecule has 0 radical (unpaired) electrons. The summed E-state index contributed by atoms with van der Waals surface area (Å²) in [4.78, 5) is 12.0. The van der Waals surface area contributed by atoms with Gasteiger partial charge >= 0.3 is 0 Å². The highest BCUT2D eigenvalue weighted by Gasteiger charge is 2.27. The fraction of sp³-hybridized carbons (Fsp3) is 0.462. The number of halogens is 1. The van der Waals surface area contributed by atoms with Gasteiger partial charge in [0.1, 0.15) is 5.75 Å². The summed E-state index contributed by atoms with van der Waals surface area (Å²) in [6, 6.07) is 4.83. The van der Waals surface area contributed by atoms with Gasteiger partial charge in [0.05, 0.1) is 18.8 Å². The minimum Gasteiger partial charge on any atom is -0.495 e. The summed E-state index contributed by atoms with van der Waals surface area (Å²) < 4.78 is 6.05. The van der Waals surface area contributed by atoms with Crippen LogP contribution in [0.3, 0.4) is 0 Å². The van der Waals surface area contributed by atoms with Crippen molar-refractivity contribution in [2.75, 3.05) is 12.4 Å². The van der Waals surface area contributed by atoms with Crippen LogP contribution in [0.1, 0.15) is 20.8 Å². The summed E-state index contributed by atoms with van der Waals surface area (Å²) in [5.41, 5.74) is 6.23. The zero-order valence-electron chi connectivity index (χ0n) is 11.1. The summed E-state index contributed by atoms with van der Waals surface area (Å²) in [5, 5.41) is 2.79. The Balaban J connectivity index is 2.91. The zero-order chi connectivity index (χ0) is 13.9. The number of amides is 1. The van der Waals surface area contributed by atoms with E-state index in [-0.39, 0.29) is 11.3 Å².